The van der Waals surface area contributed by atoms with Crippen LogP contribution in [0.15, 0.2) is 23.8 Å². The highest BCUT2D eigenvalue weighted by Gasteiger charge is 1.97. The first-order valence-electron chi connectivity index (χ1n) is 4.89. The monoisotopic (exact) mass is 165 g/mol. The van der Waals surface area contributed by atoms with Crippen molar-refractivity contribution in [3.63, 3.8) is 0 Å². The molecule has 0 aliphatic carbocycles. The molecule has 0 aliphatic heterocycles. The van der Waals surface area contributed by atoms with Gasteiger partial charge in [0.25, 0.3) is 0 Å². The third-order valence-electron chi connectivity index (χ3n) is 1.73. The van der Waals surface area contributed by atoms with E-state index in [9.17, 15) is 0 Å². The van der Waals surface area contributed by atoms with Crippen LogP contribution in [0.25, 0.3) is 0 Å². The molecule has 0 rings (SSSR count). The Kier molecular flexibility index (Phi) is 6.84. The van der Waals surface area contributed by atoms with Gasteiger partial charge in [0.15, 0.2) is 0 Å². The number of hydrogen-bond acceptors (Lipinski definition) is 0. The molecule has 0 heteroatoms. The van der Waals surface area contributed by atoms with Gasteiger partial charge in [-0.15, -0.1) is 0 Å². The largest absolute Gasteiger partial charge is 0.0885 e. The lowest BCUT2D eigenvalue weighted by molar-refractivity contribution is 0.855. The highest BCUT2D eigenvalue weighted by Crippen LogP contribution is 2.11. The van der Waals surface area contributed by atoms with Crippen LogP contribution in [-0.4, -0.2) is 0 Å². The van der Waals surface area contributed by atoms with Gasteiger partial charge in [0.1, 0.15) is 0 Å². The van der Waals surface area contributed by atoms with Gasteiger partial charge in [-0.3, -0.25) is 0 Å². The predicted octanol–water partition coefficient (Wildman–Crippen LogP) is 4.15. The van der Waals surface area contributed by atoms with Gasteiger partial charge < -0.3 is 0 Å². The Morgan fingerprint density at radius 3 is 2.42 bits per heavy atom. The fraction of sp³-hybridized carbons (Fsp3) is 0.583. The van der Waals surface area contributed by atoms with E-state index in [2.05, 4.69) is 52.3 Å². The van der Waals surface area contributed by atoms with E-state index in [1.807, 2.05) is 0 Å². The SMILES string of the molecule is CCC=CC(C)[CH]C(C)=CCC. The number of rotatable bonds is 5. The van der Waals surface area contributed by atoms with Gasteiger partial charge in [-0.1, -0.05) is 44.6 Å². The molecule has 0 saturated heterocycles. The summed E-state index contributed by atoms with van der Waals surface area (Å²) in [5.41, 5.74) is 1.39. The molecule has 0 bridgehead atoms. The molecule has 12 heavy (non-hydrogen) atoms. The molecule has 1 unspecified atom stereocenters. The van der Waals surface area contributed by atoms with Crippen LogP contribution in [0.1, 0.15) is 40.5 Å². The van der Waals surface area contributed by atoms with Gasteiger partial charge in [-0.25, -0.2) is 0 Å². The van der Waals surface area contributed by atoms with Gasteiger partial charge in [-0.2, -0.15) is 0 Å². The summed E-state index contributed by atoms with van der Waals surface area (Å²) < 4.78 is 0. The van der Waals surface area contributed by atoms with Crippen LogP contribution in [0.4, 0.5) is 0 Å². The smallest absolute Gasteiger partial charge is 0.00746 e. The Bertz CT molecular complexity index is 151. The van der Waals surface area contributed by atoms with Crippen LogP contribution < -0.4 is 0 Å². The molecule has 0 spiro atoms. The van der Waals surface area contributed by atoms with Crippen molar-refractivity contribution < 1.29 is 0 Å². The van der Waals surface area contributed by atoms with Gasteiger partial charge in [0.05, 0.1) is 0 Å². The molecule has 0 aromatic rings. The van der Waals surface area contributed by atoms with E-state index in [1.54, 1.807) is 0 Å². The fourth-order valence-corrected chi connectivity index (χ4v) is 1.21. The molecule has 0 N–H and O–H groups in total. The number of hydrogen-bond donors (Lipinski definition) is 0. The summed E-state index contributed by atoms with van der Waals surface area (Å²) in [5, 5.41) is 0. The third kappa shape index (κ3) is 6.21. The van der Waals surface area contributed by atoms with Crippen molar-refractivity contribution in [2.24, 2.45) is 5.92 Å². The zero-order chi connectivity index (χ0) is 9.40. The zero-order valence-electron chi connectivity index (χ0n) is 8.80. The van der Waals surface area contributed by atoms with Crippen molar-refractivity contribution in [1.29, 1.82) is 0 Å². The Labute approximate surface area is 77.4 Å². The lowest BCUT2D eigenvalue weighted by Crippen LogP contribution is -1.91. The van der Waals surface area contributed by atoms with Gasteiger partial charge in [0, 0.05) is 0 Å². The average molecular weight is 165 g/mol. The molecular weight excluding hydrogens is 144 g/mol. The minimum atomic E-state index is 0.577. The van der Waals surface area contributed by atoms with Crippen LogP contribution in [0.5, 0.6) is 0 Å². The first-order valence-corrected chi connectivity index (χ1v) is 4.89. The summed E-state index contributed by atoms with van der Waals surface area (Å²) in [6.45, 7) is 8.72. The molecule has 0 aromatic carbocycles. The molecule has 0 aliphatic rings. The third-order valence-corrected chi connectivity index (χ3v) is 1.73. The minimum absolute atomic E-state index is 0.577. The summed E-state index contributed by atoms with van der Waals surface area (Å²) in [6, 6.07) is 0. The first kappa shape index (κ1) is 11.5. The normalized spacial score (nSPS) is 15.5. The van der Waals surface area contributed by atoms with E-state index in [0.717, 1.165) is 12.8 Å². The molecule has 69 valence electrons. The van der Waals surface area contributed by atoms with Crippen molar-refractivity contribution in [2.75, 3.05) is 0 Å². The average Bonchev–Trinajstić information content (AvgIpc) is 2.01. The van der Waals surface area contributed by atoms with E-state index in [4.69, 9.17) is 0 Å². The van der Waals surface area contributed by atoms with E-state index >= 15 is 0 Å². The Morgan fingerprint density at radius 1 is 1.25 bits per heavy atom. The highest BCUT2D eigenvalue weighted by atomic mass is 14.0. The molecule has 0 heterocycles. The molecule has 0 fully saturated rings. The van der Waals surface area contributed by atoms with E-state index < -0.39 is 0 Å². The van der Waals surface area contributed by atoms with Crippen LogP contribution in [0.2, 0.25) is 0 Å². The van der Waals surface area contributed by atoms with Gasteiger partial charge in [-0.05, 0) is 32.1 Å². The van der Waals surface area contributed by atoms with E-state index in [-0.39, 0.29) is 0 Å². The molecule has 0 saturated carbocycles. The second kappa shape index (κ2) is 7.15. The lowest BCUT2D eigenvalue weighted by atomic mass is 10.0. The van der Waals surface area contributed by atoms with E-state index in [1.165, 1.54) is 5.57 Å². The maximum absolute atomic E-state index is 2.30. The molecule has 0 nitrogen and oxygen atoms in total. The second-order valence-electron chi connectivity index (χ2n) is 3.22. The summed E-state index contributed by atoms with van der Waals surface area (Å²) in [6.07, 6.45) is 11.3. The summed E-state index contributed by atoms with van der Waals surface area (Å²) in [5.74, 6) is 0.577. The second-order valence-corrected chi connectivity index (χ2v) is 3.22. The molecule has 1 atom stereocenters. The first-order chi connectivity index (χ1) is 5.70. The van der Waals surface area contributed by atoms with E-state index in [0.29, 0.717) is 5.92 Å². The maximum Gasteiger partial charge on any atom is -0.00746 e. The summed E-state index contributed by atoms with van der Waals surface area (Å²) >= 11 is 0. The topological polar surface area (TPSA) is 0 Å². The minimum Gasteiger partial charge on any atom is -0.0885 e. The summed E-state index contributed by atoms with van der Waals surface area (Å²) in [4.78, 5) is 0. The van der Waals surface area contributed by atoms with Crippen LogP contribution in [0, 0.1) is 12.3 Å². The molecule has 1 radical (unpaired) electrons. The van der Waals surface area contributed by atoms with Gasteiger partial charge >= 0.3 is 0 Å². The fourth-order valence-electron chi connectivity index (χ4n) is 1.21. The zero-order valence-corrected chi connectivity index (χ0v) is 8.80. The van der Waals surface area contributed by atoms with Crippen molar-refractivity contribution in [3.8, 4) is 0 Å². The molecule has 0 amide bonds. The lowest BCUT2D eigenvalue weighted by Gasteiger charge is -2.05. The standard InChI is InChI=1S/C12H21/c1-5-7-9-12(4)10-11(3)8-6-2/h7-10,12H,5-6H2,1-4H3. The predicted molar refractivity (Wildman–Crippen MR) is 56.9 cm³/mol. The van der Waals surface area contributed by atoms with Crippen molar-refractivity contribution in [3.05, 3.63) is 30.2 Å². The Morgan fingerprint density at radius 2 is 1.92 bits per heavy atom. The quantitative estimate of drug-likeness (QED) is 0.537. The van der Waals surface area contributed by atoms with Crippen LogP contribution >= 0.6 is 0 Å². The molecular formula is C12H21. The Balaban J connectivity index is 3.75. The number of allylic oxidation sites excluding steroid dienone is 4. The summed E-state index contributed by atoms with van der Waals surface area (Å²) in [7, 11) is 0. The van der Waals surface area contributed by atoms with Crippen molar-refractivity contribution in [1.82, 2.24) is 0 Å². The maximum atomic E-state index is 2.30. The Hall–Kier alpha value is -0.520. The molecule has 0 aromatic heterocycles. The van der Waals surface area contributed by atoms with Gasteiger partial charge in [0.2, 0.25) is 0 Å². The van der Waals surface area contributed by atoms with Crippen molar-refractivity contribution in [2.45, 2.75) is 40.5 Å². The van der Waals surface area contributed by atoms with Crippen molar-refractivity contribution >= 4 is 0 Å². The van der Waals surface area contributed by atoms with Crippen LogP contribution in [-0.2, 0) is 0 Å². The van der Waals surface area contributed by atoms with Crippen LogP contribution in [0.3, 0.4) is 0 Å². The highest BCUT2D eigenvalue weighted by molar-refractivity contribution is 5.14.